The van der Waals surface area contributed by atoms with Gasteiger partial charge in [0.25, 0.3) is 0 Å². The fourth-order valence-corrected chi connectivity index (χ4v) is 5.12. The van der Waals surface area contributed by atoms with E-state index >= 15 is 0 Å². The summed E-state index contributed by atoms with van der Waals surface area (Å²) in [5, 5.41) is 11.3. The standard InChI is InChI=1S/C23H24N2O.2BrH/c1-25-10-9-23(18-6-4-7-20(26)13-18)14-22-17(12-19(23)15-25)11-16-5-2-3-8-21(16)24-22;;/h2-8,11,13,19,26H,9-10,12,14-15H2,1H3;2*1H/t19-,23+;;/m1../s1. The van der Waals surface area contributed by atoms with Crippen molar-refractivity contribution in [2.24, 2.45) is 5.92 Å². The van der Waals surface area contributed by atoms with Crippen LogP contribution in [0.1, 0.15) is 23.2 Å². The third-order valence-electron chi connectivity index (χ3n) is 6.52. The molecular weight excluding hydrogens is 480 g/mol. The minimum atomic E-state index is 0. The first kappa shape index (κ1) is 21.3. The van der Waals surface area contributed by atoms with Crippen LogP contribution in [0.2, 0.25) is 0 Å². The van der Waals surface area contributed by atoms with E-state index in [4.69, 9.17) is 4.98 Å². The monoisotopic (exact) mass is 504 g/mol. The number of phenols is 1. The molecule has 0 amide bonds. The second kappa shape index (κ2) is 8.13. The van der Waals surface area contributed by atoms with Crippen molar-refractivity contribution in [1.29, 1.82) is 0 Å². The number of likely N-dealkylation sites (tertiary alicyclic amines) is 1. The molecule has 0 saturated carbocycles. The van der Waals surface area contributed by atoms with Crippen LogP contribution in [0, 0.1) is 5.92 Å². The number of phenolic OH excluding ortho intramolecular Hbond substituents is 1. The number of para-hydroxylation sites is 1. The van der Waals surface area contributed by atoms with Gasteiger partial charge in [-0.05, 0) is 67.7 Å². The molecule has 1 fully saturated rings. The zero-order valence-corrected chi connectivity index (χ0v) is 19.4. The largest absolute Gasteiger partial charge is 0.508 e. The van der Waals surface area contributed by atoms with Gasteiger partial charge in [-0.1, -0.05) is 30.3 Å². The Morgan fingerprint density at radius 3 is 2.71 bits per heavy atom. The number of rotatable bonds is 1. The Hall–Kier alpha value is -1.43. The van der Waals surface area contributed by atoms with Crippen molar-refractivity contribution >= 4 is 44.9 Å². The Balaban J connectivity index is 0.00000112. The molecule has 2 aliphatic rings. The first-order valence-electron chi connectivity index (χ1n) is 9.50. The van der Waals surface area contributed by atoms with Crippen molar-refractivity contribution in [2.45, 2.75) is 24.7 Å². The molecule has 5 heteroatoms. The molecule has 2 atom stereocenters. The lowest BCUT2D eigenvalue weighted by Gasteiger charge is -2.50. The molecule has 1 saturated heterocycles. The Labute approximate surface area is 187 Å². The molecule has 1 aliphatic carbocycles. The highest BCUT2D eigenvalue weighted by Crippen LogP contribution is 2.48. The summed E-state index contributed by atoms with van der Waals surface area (Å²) in [5.74, 6) is 0.922. The molecule has 1 aromatic heterocycles. The summed E-state index contributed by atoms with van der Waals surface area (Å²) in [5.41, 5.74) is 5.08. The molecule has 0 unspecified atom stereocenters. The number of hydrogen-bond donors (Lipinski definition) is 1. The zero-order chi connectivity index (χ0) is 17.7. The van der Waals surface area contributed by atoms with Gasteiger partial charge in [-0.3, -0.25) is 4.98 Å². The van der Waals surface area contributed by atoms with E-state index in [1.807, 2.05) is 12.1 Å². The molecule has 5 rings (SSSR count). The summed E-state index contributed by atoms with van der Waals surface area (Å²) in [6.45, 7) is 2.19. The van der Waals surface area contributed by atoms with Gasteiger partial charge in [-0.25, -0.2) is 0 Å². The Morgan fingerprint density at radius 2 is 1.89 bits per heavy atom. The van der Waals surface area contributed by atoms with Crippen molar-refractivity contribution in [3.63, 3.8) is 0 Å². The number of pyridine rings is 1. The van der Waals surface area contributed by atoms with E-state index in [1.54, 1.807) is 6.07 Å². The molecule has 0 spiro atoms. The number of aromatic nitrogens is 1. The molecule has 148 valence electrons. The van der Waals surface area contributed by atoms with Gasteiger partial charge >= 0.3 is 0 Å². The lowest BCUT2D eigenvalue weighted by molar-refractivity contribution is 0.0987. The van der Waals surface area contributed by atoms with E-state index in [9.17, 15) is 5.11 Å². The summed E-state index contributed by atoms with van der Waals surface area (Å²) in [6, 6.07) is 18.7. The van der Waals surface area contributed by atoms with E-state index in [2.05, 4.69) is 48.3 Å². The van der Waals surface area contributed by atoms with Gasteiger partial charge in [0.05, 0.1) is 5.52 Å². The summed E-state index contributed by atoms with van der Waals surface area (Å²) in [7, 11) is 2.22. The lowest BCUT2D eigenvalue weighted by Crippen LogP contribution is -2.53. The zero-order valence-electron chi connectivity index (χ0n) is 16.0. The van der Waals surface area contributed by atoms with Crippen LogP contribution in [-0.2, 0) is 18.3 Å². The van der Waals surface area contributed by atoms with Crippen molar-refractivity contribution in [1.82, 2.24) is 9.88 Å². The van der Waals surface area contributed by atoms with Gasteiger partial charge in [0.1, 0.15) is 5.75 Å². The van der Waals surface area contributed by atoms with E-state index < -0.39 is 0 Å². The average molecular weight is 506 g/mol. The molecule has 2 aromatic carbocycles. The van der Waals surface area contributed by atoms with Crippen LogP contribution in [0.25, 0.3) is 10.9 Å². The van der Waals surface area contributed by atoms with Crippen LogP contribution >= 0.6 is 34.0 Å². The number of hydrogen-bond acceptors (Lipinski definition) is 3. The average Bonchev–Trinajstić information content (AvgIpc) is 2.65. The van der Waals surface area contributed by atoms with Crippen molar-refractivity contribution in [3.8, 4) is 5.75 Å². The van der Waals surface area contributed by atoms with Crippen molar-refractivity contribution in [3.05, 3.63) is 71.4 Å². The van der Waals surface area contributed by atoms with Crippen LogP contribution in [0.3, 0.4) is 0 Å². The van der Waals surface area contributed by atoms with Crippen LogP contribution in [-0.4, -0.2) is 35.1 Å². The summed E-state index contributed by atoms with van der Waals surface area (Å²) >= 11 is 0. The summed E-state index contributed by atoms with van der Waals surface area (Å²) in [6.07, 6.45) is 3.15. The second-order valence-corrected chi connectivity index (χ2v) is 8.08. The van der Waals surface area contributed by atoms with Gasteiger partial charge in [-0.15, -0.1) is 34.0 Å². The Bertz CT molecular complexity index is 993. The molecule has 0 bridgehead atoms. The number of nitrogens with zero attached hydrogens (tertiary/aromatic N) is 2. The number of halogens is 2. The summed E-state index contributed by atoms with van der Waals surface area (Å²) in [4.78, 5) is 7.49. The molecule has 28 heavy (non-hydrogen) atoms. The van der Waals surface area contributed by atoms with Gasteiger partial charge in [0.2, 0.25) is 0 Å². The predicted molar refractivity (Wildman–Crippen MR) is 125 cm³/mol. The van der Waals surface area contributed by atoms with E-state index in [0.717, 1.165) is 37.9 Å². The SMILES string of the molecule is Br.Br.CN1CC[C@@]2(c3cccc(O)c3)Cc3nc4ccccc4cc3C[C@@H]2C1. The number of benzene rings is 2. The van der Waals surface area contributed by atoms with Crippen LogP contribution in [0.4, 0.5) is 0 Å². The maximum Gasteiger partial charge on any atom is 0.115 e. The van der Waals surface area contributed by atoms with E-state index in [1.165, 1.54) is 22.2 Å². The van der Waals surface area contributed by atoms with Crippen LogP contribution in [0.5, 0.6) is 5.75 Å². The highest BCUT2D eigenvalue weighted by atomic mass is 79.9. The Morgan fingerprint density at radius 1 is 1.07 bits per heavy atom. The van der Waals surface area contributed by atoms with Crippen molar-refractivity contribution in [2.75, 3.05) is 20.1 Å². The van der Waals surface area contributed by atoms with E-state index in [0.29, 0.717) is 11.7 Å². The smallest absolute Gasteiger partial charge is 0.115 e. The highest BCUT2D eigenvalue weighted by Gasteiger charge is 2.47. The van der Waals surface area contributed by atoms with Crippen molar-refractivity contribution < 1.29 is 5.11 Å². The third-order valence-corrected chi connectivity index (χ3v) is 6.52. The van der Waals surface area contributed by atoms with E-state index in [-0.39, 0.29) is 39.4 Å². The molecule has 0 radical (unpaired) electrons. The van der Waals surface area contributed by atoms with Gasteiger partial charge in [-0.2, -0.15) is 0 Å². The fourth-order valence-electron chi connectivity index (χ4n) is 5.12. The van der Waals surface area contributed by atoms with Gasteiger partial charge in [0.15, 0.2) is 0 Å². The number of piperidine rings is 1. The molecule has 1 N–H and O–H groups in total. The third kappa shape index (κ3) is 3.49. The molecular formula is C23H26Br2N2O. The van der Waals surface area contributed by atoms with Gasteiger partial charge in [0, 0.05) is 29.5 Å². The quantitative estimate of drug-likeness (QED) is 0.500. The predicted octanol–water partition coefficient (Wildman–Crippen LogP) is 5.08. The number of aromatic hydroxyl groups is 1. The fraction of sp³-hybridized carbons (Fsp3) is 0.348. The minimum Gasteiger partial charge on any atom is -0.508 e. The highest BCUT2D eigenvalue weighted by molar-refractivity contribution is 8.93. The summed E-state index contributed by atoms with van der Waals surface area (Å²) < 4.78 is 0. The van der Waals surface area contributed by atoms with Crippen LogP contribution in [0.15, 0.2) is 54.6 Å². The minimum absolute atomic E-state index is 0. The maximum absolute atomic E-state index is 10.1. The second-order valence-electron chi connectivity index (χ2n) is 8.08. The topological polar surface area (TPSA) is 36.4 Å². The maximum atomic E-state index is 10.1. The lowest BCUT2D eigenvalue weighted by atomic mass is 9.58. The number of fused-ring (bicyclic) bond motifs is 3. The first-order valence-corrected chi connectivity index (χ1v) is 9.50. The Kier molecular flexibility index (Phi) is 6.18. The molecule has 2 heterocycles. The van der Waals surface area contributed by atoms with Gasteiger partial charge < -0.3 is 10.0 Å². The first-order chi connectivity index (χ1) is 12.6. The molecule has 3 aromatic rings. The molecule has 3 nitrogen and oxygen atoms in total. The molecule has 1 aliphatic heterocycles. The van der Waals surface area contributed by atoms with Crippen LogP contribution < -0.4 is 0 Å². The normalized spacial score (nSPS) is 23.8.